The second kappa shape index (κ2) is 5.05. The molecule has 3 aromatic carbocycles. The number of hydrogen-bond acceptors (Lipinski definition) is 3. The molecule has 5 rings (SSSR count). The highest BCUT2D eigenvalue weighted by Gasteiger charge is 2.39. The molecule has 4 nitrogen and oxygen atoms in total. The van der Waals surface area contributed by atoms with Gasteiger partial charge in [-0.1, -0.05) is 35.9 Å². The van der Waals surface area contributed by atoms with Gasteiger partial charge in [0.25, 0.3) is 11.8 Å². The standard InChI is InChI=1S/C22H15NO3/c1-12-7-9-14(10-8-12)23-21(24)16-11-13(2)20-18(19(16)22(23)25)15-5-3-4-6-17(15)26-20/h3-11H,1-2H3. The minimum Gasteiger partial charge on any atom is -0.456 e. The van der Waals surface area contributed by atoms with E-state index >= 15 is 0 Å². The molecule has 0 saturated heterocycles. The summed E-state index contributed by atoms with van der Waals surface area (Å²) in [4.78, 5) is 27.5. The Labute approximate surface area is 149 Å². The van der Waals surface area contributed by atoms with Crippen LogP contribution in [0.5, 0.6) is 0 Å². The van der Waals surface area contributed by atoms with Crippen LogP contribution in [0.15, 0.2) is 59.0 Å². The third kappa shape index (κ3) is 1.84. The van der Waals surface area contributed by atoms with Gasteiger partial charge in [0, 0.05) is 10.8 Å². The van der Waals surface area contributed by atoms with Gasteiger partial charge >= 0.3 is 0 Å². The lowest BCUT2D eigenvalue weighted by molar-refractivity contribution is 0.0926. The highest BCUT2D eigenvalue weighted by atomic mass is 16.3. The maximum absolute atomic E-state index is 13.2. The van der Waals surface area contributed by atoms with E-state index in [0.717, 1.165) is 21.9 Å². The van der Waals surface area contributed by atoms with Crippen LogP contribution in [-0.4, -0.2) is 11.8 Å². The van der Waals surface area contributed by atoms with E-state index in [2.05, 4.69) is 0 Å². The Kier molecular flexibility index (Phi) is 2.89. The van der Waals surface area contributed by atoms with Crippen LogP contribution in [0.1, 0.15) is 31.8 Å². The van der Waals surface area contributed by atoms with Crippen molar-refractivity contribution in [3.05, 3.63) is 76.9 Å². The van der Waals surface area contributed by atoms with Gasteiger partial charge in [-0.2, -0.15) is 0 Å². The number of anilines is 1. The number of nitrogens with zero attached hydrogens (tertiary/aromatic N) is 1. The summed E-state index contributed by atoms with van der Waals surface area (Å²) in [6.45, 7) is 3.87. The van der Waals surface area contributed by atoms with E-state index < -0.39 is 0 Å². The first kappa shape index (κ1) is 14.9. The predicted molar refractivity (Wildman–Crippen MR) is 101 cm³/mol. The Morgan fingerprint density at radius 2 is 1.62 bits per heavy atom. The molecule has 1 aliphatic rings. The molecule has 0 spiro atoms. The maximum Gasteiger partial charge on any atom is 0.266 e. The fraction of sp³-hybridized carbons (Fsp3) is 0.0909. The van der Waals surface area contributed by atoms with Gasteiger partial charge in [0.15, 0.2) is 0 Å². The quantitative estimate of drug-likeness (QED) is 0.458. The summed E-state index contributed by atoms with van der Waals surface area (Å²) in [6.07, 6.45) is 0. The summed E-state index contributed by atoms with van der Waals surface area (Å²) < 4.78 is 5.97. The van der Waals surface area contributed by atoms with Crippen LogP contribution in [-0.2, 0) is 0 Å². The lowest BCUT2D eigenvalue weighted by atomic mass is 9.99. The molecule has 26 heavy (non-hydrogen) atoms. The molecule has 0 bridgehead atoms. The van der Waals surface area contributed by atoms with Crippen molar-refractivity contribution in [2.24, 2.45) is 0 Å². The van der Waals surface area contributed by atoms with E-state index in [-0.39, 0.29) is 11.8 Å². The monoisotopic (exact) mass is 341 g/mol. The van der Waals surface area contributed by atoms with E-state index in [1.54, 1.807) is 18.2 Å². The Hall–Kier alpha value is -3.40. The zero-order valence-electron chi connectivity index (χ0n) is 14.4. The van der Waals surface area contributed by atoms with Crippen molar-refractivity contribution in [2.75, 3.05) is 4.90 Å². The molecule has 0 atom stereocenters. The van der Waals surface area contributed by atoms with Crippen molar-refractivity contribution in [2.45, 2.75) is 13.8 Å². The van der Waals surface area contributed by atoms with Crippen molar-refractivity contribution in [1.82, 2.24) is 0 Å². The summed E-state index contributed by atoms with van der Waals surface area (Å²) in [7, 11) is 0. The van der Waals surface area contributed by atoms with Crippen LogP contribution in [0, 0.1) is 13.8 Å². The summed E-state index contributed by atoms with van der Waals surface area (Å²) >= 11 is 0. The van der Waals surface area contributed by atoms with Crippen LogP contribution in [0.25, 0.3) is 21.9 Å². The van der Waals surface area contributed by atoms with Crippen LogP contribution >= 0.6 is 0 Å². The average Bonchev–Trinajstić information content (AvgIpc) is 3.13. The molecular formula is C22H15NO3. The lowest BCUT2D eigenvalue weighted by Crippen LogP contribution is -2.29. The van der Waals surface area contributed by atoms with Crippen molar-refractivity contribution in [3.8, 4) is 0 Å². The molecule has 0 fully saturated rings. The number of imide groups is 1. The molecule has 4 heteroatoms. The molecule has 2 heterocycles. The molecule has 0 radical (unpaired) electrons. The van der Waals surface area contributed by atoms with Crippen molar-refractivity contribution >= 4 is 39.4 Å². The Morgan fingerprint density at radius 1 is 0.885 bits per heavy atom. The van der Waals surface area contributed by atoms with Crippen molar-refractivity contribution in [1.29, 1.82) is 0 Å². The fourth-order valence-electron chi connectivity index (χ4n) is 3.70. The first-order valence-corrected chi connectivity index (χ1v) is 8.46. The minimum atomic E-state index is -0.301. The topological polar surface area (TPSA) is 50.5 Å². The number of carbonyl (C=O) groups excluding carboxylic acids is 2. The number of furan rings is 1. The molecule has 126 valence electrons. The first-order valence-electron chi connectivity index (χ1n) is 8.46. The maximum atomic E-state index is 13.2. The Bertz CT molecular complexity index is 1230. The largest absolute Gasteiger partial charge is 0.456 e. The highest BCUT2D eigenvalue weighted by molar-refractivity contribution is 6.39. The van der Waals surface area contributed by atoms with Gasteiger partial charge in [-0.15, -0.1) is 0 Å². The van der Waals surface area contributed by atoms with E-state index in [0.29, 0.717) is 28.0 Å². The van der Waals surface area contributed by atoms with Gasteiger partial charge < -0.3 is 4.42 Å². The number of para-hydroxylation sites is 1. The van der Waals surface area contributed by atoms with Crippen LogP contribution < -0.4 is 4.90 Å². The van der Waals surface area contributed by atoms with Crippen LogP contribution in [0.3, 0.4) is 0 Å². The summed E-state index contributed by atoms with van der Waals surface area (Å²) in [5, 5.41) is 1.58. The first-order chi connectivity index (χ1) is 12.6. The number of carbonyl (C=O) groups is 2. The van der Waals surface area contributed by atoms with E-state index in [9.17, 15) is 9.59 Å². The molecule has 4 aromatic rings. The molecule has 2 amide bonds. The second-order valence-corrected chi connectivity index (χ2v) is 6.70. The fourth-order valence-corrected chi connectivity index (χ4v) is 3.70. The van der Waals surface area contributed by atoms with Crippen molar-refractivity contribution < 1.29 is 14.0 Å². The van der Waals surface area contributed by atoms with Gasteiger partial charge in [0.1, 0.15) is 11.2 Å². The Morgan fingerprint density at radius 3 is 2.38 bits per heavy atom. The molecule has 1 aliphatic heterocycles. The summed E-state index contributed by atoms with van der Waals surface area (Å²) in [5.74, 6) is -0.588. The minimum absolute atomic E-state index is 0.288. The molecule has 1 aromatic heterocycles. The lowest BCUT2D eigenvalue weighted by Gasteiger charge is -2.13. The average molecular weight is 341 g/mol. The predicted octanol–water partition coefficient (Wildman–Crippen LogP) is 5.00. The van der Waals surface area contributed by atoms with Gasteiger partial charge in [-0.25, -0.2) is 4.90 Å². The third-order valence-electron chi connectivity index (χ3n) is 4.98. The summed E-state index contributed by atoms with van der Waals surface area (Å²) in [6, 6.07) is 16.8. The number of amides is 2. The van der Waals surface area contributed by atoms with E-state index in [1.165, 1.54) is 4.90 Å². The number of fused-ring (bicyclic) bond motifs is 5. The third-order valence-corrected chi connectivity index (χ3v) is 4.98. The summed E-state index contributed by atoms with van der Waals surface area (Å²) in [5.41, 5.74) is 4.75. The van der Waals surface area contributed by atoms with Gasteiger partial charge in [0.05, 0.1) is 16.8 Å². The van der Waals surface area contributed by atoms with Crippen LogP contribution in [0.4, 0.5) is 5.69 Å². The molecule has 0 N–H and O–H groups in total. The van der Waals surface area contributed by atoms with Crippen molar-refractivity contribution in [3.63, 3.8) is 0 Å². The Balaban J connectivity index is 1.83. The van der Waals surface area contributed by atoms with Gasteiger partial charge in [-0.05, 0) is 43.7 Å². The number of hydrogen-bond donors (Lipinski definition) is 0. The van der Waals surface area contributed by atoms with E-state index in [4.69, 9.17) is 4.42 Å². The number of aryl methyl sites for hydroxylation is 2. The van der Waals surface area contributed by atoms with Gasteiger partial charge in [0.2, 0.25) is 0 Å². The van der Waals surface area contributed by atoms with Crippen LogP contribution in [0.2, 0.25) is 0 Å². The molecule has 0 saturated carbocycles. The number of benzene rings is 3. The SMILES string of the molecule is Cc1ccc(N2C(=O)c3cc(C)c4oc5ccccc5c4c3C2=O)cc1. The normalized spacial score (nSPS) is 13.8. The van der Waals surface area contributed by atoms with E-state index in [1.807, 2.05) is 50.2 Å². The second-order valence-electron chi connectivity index (χ2n) is 6.70. The smallest absolute Gasteiger partial charge is 0.266 e. The molecule has 0 unspecified atom stereocenters. The zero-order chi connectivity index (χ0) is 18.0. The zero-order valence-corrected chi connectivity index (χ0v) is 14.4. The molecular weight excluding hydrogens is 326 g/mol. The highest BCUT2D eigenvalue weighted by Crippen LogP contribution is 2.40. The molecule has 0 aliphatic carbocycles. The number of rotatable bonds is 1. The van der Waals surface area contributed by atoms with Gasteiger partial charge in [-0.3, -0.25) is 9.59 Å².